The van der Waals surface area contributed by atoms with Crippen molar-refractivity contribution >= 4 is 28.9 Å². The number of likely N-dealkylation sites (tertiary alicyclic amines) is 1. The van der Waals surface area contributed by atoms with E-state index in [1.165, 1.54) is 16.8 Å². The van der Waals surface area contributed by atoms with E-state index >= 15 is 0 Å². The van der Waals surface area contributed by atoms with E-state index < -0.39 is 53.8 Å². The van der Waals surface area contributed by atoms with Crippen molar-refractivity contribution in [3.05, 3.63) is 51.3 Å². The molecule has 2 heterocycles. The van der Waals surface area contributed by atoms with E-state index in [2.05, 4.69) is 0 Å². The molecule has 1 N–H and O–H groups in total. The molecule has 1 aromatic heterocycles. The van der Waals surface area contributed by atoms with Crippen molar-refractivity contribution in [2.24, 2.45) is 0 Å². The molecule has 2 aliphatic rings. The standard InChI is InChI=1S/C24H23F5N2O5/c1-2-36-22(34)17-11-30(12-6-7-12)20-15(19(26)18(25)9-16(20)21(17)33)5-3-4-13-8-14(32)10-31(13)23(35)24(27,28)29/h3,5,9,11-14,32H,2,4,6-8,10H2,1H3/b5-3-/t13-,14+/m0/s1. The molecular formula is C24H23F5N2O5. The van der Waals surface area contributed by atoms with Crippen molar-refractivity contribution in [3.63, 3.8) is 0 Å². The summed E-state index contributed by atoms with van der Waals surface area (Å²) in [4.78, 5) is 37.5. The predicted octanol–water partition coefficient (Wildman–Crippen LogP) is 3.72. The van der Waals surface area contributed by atoms with Crippen LogP contribution in [0.1, 0.15) is 54.6 Å². The van der Waals surface area contributed by atoms with Crippen molar-refractivity contribution in [1.82, 2.24) is 9.47 Å². The van der Waals surface area contributed by atoms with E-state index in [4.69, 9.17) is 4.74 Å². The molecule has 36 heavy (non-hydrogen) atoms. The number of nitrogens with zero attached hydrogens (tertiary/aromatic N) is 2. The molecule has 12 heteroatoms. The predicted molar refractivity (Wildman–Crippen MR) is 118 cm³/mol. The molecule has 2 aromatic rings. The molecule has 0 radical (unpaired) electrons. The highest BCUT2D eigenvalue weighted by atomic mass is 19.4. The van der Waals surface area contributed by atoms with Crippen LogP contribution in [0, 0.1) is 11.6 Å². The van der Waals surface area contributed by atoms with Crippen molar-refractivity contribution in [1.29, 1.82) is 0 Å². The first-order valence-corrected chi connectivity index (χ1v) is 11.4. The van der Waals surface area contributed by atoms with Crippen LogP contribution in [0.2, 0.25) is 0 Å². The van der Waals surface area contributed by atoms with Gasteiger partial charge < -0.3 is 19.3 Å². The minimum atomic E-state index is -5.12. The average molecular weight is 514 g/mol. The maximum atomic E-state index is 14.9. The van der Waals surface area contributed by atoms with Crippen LogP contribution in [0.15, 0.2) is 23.1 Å². The topological polar surface area (TPSA) is 88.8 Å². The molecule has 1 saturated heterocycles. The summed E-state index contributed by atoms with van der Waals surface area (Å²) >= 11 is 0. The Hall–Kier alpha value is -3.28. The normalized spacial score (nSPS) is 20.5. The Morgan fingerprint density at radius 2 is 1.94 bits per heavy atom. The third kappa shape index (κ3) is 4.86. The van der Waals surface area contributed by atoms with Gasteiger partial charge in [-0.15, -0.1) is 0 Å². The highest BCUT2D eigenvalue weighted by Crippen LogP contribution is 2.39. The number of hydrogen-bond acceptors (Lipinski definition) is 5. The van der Waals surface area contributed by atoms with Gasteiger partial charge in [0, 0.05) is 30.4 Å². The summed E-state index contributed by atoms with van der Waals surface area (Å²) in [5, 5.41) is 9.56. The second-order valence-electron chi connectivity index (χ2n) is 8.85. The lowest BCUT2D eigenvalue weighted by molar-refractivity contribution is -0.186. The van der Waals surface area contributed by atoms with Crippen LogP contribution in [0.4, 0.5) is 22.0 Å². The summed E-state index contributed by atoms with van der Waals surface area (Å²) < 4.78 is 74.6. The van der Waals surface area contributed by atoms with E-state index in [0.29, 0.717) is 23.8 Å². The quantitative estimate of drug-likeness (QED) is 0.469. The number of hydrogen-bond donors (Lipinski definition) is 1. The Morgan fingerprint density at radius 1 is 1.25 bits per heavy atom. The summed E-state index contributed by atoms with van der Waals surface area (Å²) in [6.07, 6.45) is -1.53. The number of carbonyl (C=O) groups excluding carboxylic acids is 2. The number of esters is 1. The number of benzene rings is 1. The molecule has 7 nitrogen and oxygen atoms in total. The van der Waals surface area contributed by atoms with Crippen molar-refractivity contribution in [3.8, 4) is 0 Å². The number of alkyl halides is 3. The van der Waals surface area contributed by atoms with Crippen molar-refractivity contribution < 1.29 is 41.4 Å². The van der Waals surface area contributed by atoms with Gasteiger partial charge in [0.1, 0.15) is 5.56 Å². The van der Waals surface area contributed by atoms with Crippen LogP contribution in [0.25, 0.3) is 17.0 Å². The SMILES string of the molecule is CCOC(=O)c1cn(C2CC2)c2c(/C=C\C[C@H]3C[C@@H](O)CN3C(=O)C(F)(F)F)c(F)c(F)cc2c1=O. The number of aliphatic hydroxyl groups is 1. The van der Waals surface area contributed by atoms with Gasteiger partial charge in [-0.05, 0) is 38.7 Å². The smallest absolute Gasteiger partial charge is 0.462 e. The Balaban J connectivity index is 1.75. The number of rotatable bonds is 6. The number of halogens is 5. The summed E-state index contributed by atoms with van der Waals surface area (Å²) in [7, 11) is 0. The number of ether oxygens (including phenoxy) is 1. The molecule has 0 unspecified atom stereocenters. The first-order valence-electron chi connectivity index (χ1n) is 11.4. The molecular weight excluding hydrogens is 491 g/mol. The van der Waals surface area contributed by atoms with Crippen molar-refractivity contribution in [2.45, 2.75) is 57.0 Å². The zero-order chi connectivity index (χ0) is 26.4. The average Bonchev–Trinajstić information content (AvgIpc) is 3.58. The van der Waals surface area contributed by atoms with Gasteiger partial charge in [0.25, 0.3) is 0 Å². The van der Waals surface area contributed by atoms with E-state index in [9.17, 15) is 41.4 Å². The Bertz CT molecular complexity index is 1300. The molecule has 2 atom stereocenters. The molecule has 0 spiro atoms. The minimum Gasteiger partial charge on any atom is -0.462 e. The number of pyridine rings is 1. The lowest BCUT2D eigenvalue weighted by atomic mass is 10.0. The monoisotopic (exact) mass is 514 g/mol. The number of amides is 1. The van der Waals surface area contributed by atoms with Crippen LogP contribution in [-0.2, 0) is 9.53 Å². The van der Waals surface area contributed by atoms with Gasteiger partial charge in [-0.1, -0.05) is 12.2 Å². The summed E-state index contributed by atoms with van der Waals surface area (Å²) in [5.74, 6) is -5.59. The van der Waals surface area contributed by atoms with Gasteiger partial charge >= 0.3 is 18.1 Å². The van der Waals surface area contributed by atoms with Crippen LogP contribution in [-0.4, -0.2) is 57.9 Å². The van der Waals surface area contributed by atoms with E-state index in [0.717, 1.165) is 6.08 Å². The largest absolute Gasteiger partial charge is 0.471 e. The molecule has 1 saturated carbocycles. The molecule has 0 bridgehead atoms. The number of fused-ring (bicyclic) bond motifs is 1. The fourth-order valence-corrected chi connectivity index (χ4v) is 4.51. The van der Waals surface area contributed by atoms with Gasteiger partial charge in [-0.2, -0.15) is 13.2 Å². The molecule has 1 aliphatic heterocycles. The van der Waals surface area contributed by atoms with Crippen LogP contribution < -0.4 is 5.43 Å². The molecule has 194 valence electrons. The van der Waals surface area contributed by atoms with Crippen LogP contribution in [0.3, 0.4) is 0 Å². The highest BCUT2D eigenvalue weighted by Gasteiger charge is 2.47. The molecule has 1 aromatic carbocycles. The molecule has 2 fully saturated rings. The molecule has 1 aliphatic carbocycles. The lowest BCUT2D eigenvalue weighted by Gasteiger charge is -2.24. The zero-order valence-corrected chi connectivity index (χ0v) is 19.1. The van der Waals surface area contributed by atoms with Gasteiger partial charge in [0.15, 0.2) is 11.6 Å². The van der Waals surface area contributed by atoms with Crippen LogP contribution >= 0.6 is 0 Å². The van der Waals surface area contributed by atoms with Gasteiger partial charge in [-0.25, -0.2) is 13.6 Å². The number of aromatic nitrogens is 1. The maximum absolute atomic E-state index is 14.9. The third-order valence-corrected chi connectivity index (χ3v) is 6.27. The Morgan fingerprint density at radius 3 is 2.56 bits per heavy atom. The van der Waals surface area contributed by atoms with Crippen LogP contribution in [0.5, 0.6) is 0 Å². The summed E-state index contributed by atoms with van der Waals surface area (Å²) in [6.45, 7) is 1.07. The third-order valence-electron chi connectivity index (χ3n) is 6.27. The fraction of sp³-hybridized carbons (Fsp3) is 0.458. The second kappa shape index (κ2) is 9.64. The van der Waals surface area contributed by atoms with Gasteiger partial charge in [0.05, 0.1) is 23.6 Å². The minimum absolute atomic E-state index is 0.00916. The van der Waals surface area contributed by atoms with E-state index in [1.54, 1.807) is 6.92 Å². The van der Waals surface area contributed by atoms with Gasteiger partial charge in [0.2, 0.25) is 5.43 Å². The van der Waals surface area contributed by atoms with E-state index in [1.807, 2.05) is 0 Å². The van der Waals surface area contributed by atoms with Crippen molar-refractivity contribution in [2.75, 3.05) is 13.2 Å². The summed E-state index contributed by atoms with van der Waals surface area (Å²) in [6, 6.07) is -0.458. The molecule has 4 rings (SSSR count). The summed E-state index contributed by atoms with van der Waals surface area (Å²) in [5.41, 5.74) is -1.43. The zero-order valence-electron chi connectivity index (χ0n) is 19.1. The first kappa shape index (κ1) is 25.8. The van der Waals surface area contributed by atoms with Gasteiger partial charge in [-0.3, -0.25) is 9.59 Å². The number of carbonyl (C=O) groups is 2. The second-order valence-corrected chi connectivity index (χ2v) is 8.85. The molecule has 1 amide bonds. The fourth-order valence-electron chi connectivity index (χ4n) is 4.51. The first-order chi connectivity index (χ1) is 16.9. The highest BCUT2D eigenvalue weighted by molar-refractivity contribution is 5.96. The Kier molecular flexibility index (Phi) is 6.91. The lowest BCUT2D eigenvalue weighted by Crippen LogP contribution is -2.44. The number of β-amino-alcohol motifs (C(OH)–C–C–N with tert-alkyl or cyclic N) is 1. The maximum Gasteiger partial charge on any atom is 0.471 e. The Labute approximate surface area is 201 Å². The van der Waals surface area contributed by atoms with E-state index in [-0.39, 0.29) is 47.5 Å². The number of aliphatic hydroxyl groups excluding tert-OH is 1.